The van der Waals surface area contributed by atoms with Gasteiger partial charge in [0.05, 0.1) is 39.3 Å². The maximum absolute atomic E-state index is 11.7. The van der Waals surface area contributed by atoms with E-state index in [4.69, 9.17) is 49.7 Å². The molecule has 0 saturated carbocycles. The Morgan fingerprint density at radius 3 is 1.13 bits per heavy atom. The van der Waals surface area contributed by atoms with Gasteiger partial charge in [0.2, 0.25) is 30.9 Å². The molecule has 11 N–H and O–H groups in total. The minimum absolute atomic E-state index is 0. The second-order valence-electron chi connectivity index (χ2n) is 23.7. The van der Waals surface area contributed by atoms with Crippen molar-refractivity contribution in [3.63, 3.8) is 0 Å². The number of thioether (sulfide) groups is 1. The number of nitrogen functional groups attached to an aromatic ring is 3. The molecule has 0 saturated heterocycles. The van der Waals surface area contributed by atoms with Crippen molar-refractivity contribution in [3.05, 3.63) is 145 Å². The number of nitrogens with two attached hydrogens (primary N) is 3. The molecule has 0 bridgehead atoms. The predicted molar refractivity (Wildman–Crippen MR) is 387 cm³/mol. The number of nitrogens with zero attached hydrogens (tertiary/aromatic N) is 8. The van der Waals surface area contributed by atoms with Crippen LogP contribution in [0.3, 0.4) is 0 Å². The summed E-state index contributed by atoms with van der Waals surface area (Å²) in [5.41, 5.74) is 28.2. The van der Waals surface area contributed by atoms with E-state index in [1.54, 1.807) is 33.5 Å². The minimum atomic E-state index is -3.10. The van der Waals surface area contributed by atoms with E-state index in [1.807, 2.05) is 75.0 Å². The number of unbranched alkanes of at least 4 members (excludes halogenated alkanes) is 3. The summed E-state index contributed by atoms with van der Waals surface area (Å²) in [7, 11) is -1.32. The van der Waals surface area contributed by atoms with Gasteiger partial charge >= 0.3 is 57.4 Å². The van der Waals surface area contributed by atoms with Gasteiger partial charge in [-0.25, -0.2) is 44.9 Å². The predicted octanol–water partition coefficient (Wildman–Crippen LogP) is 8.73. The molecule has 6 rings (SSSR count). The average molecular weight is 1420 g/mol. The van der Waals surface area contributed by atoms with Crippen molar-refractivity contribution >= 4 is 72.7 Å². The smallest absolute Gasteiger partial charge is 0.870 e. The first kappa shape index (κ1) is 86.5. The molecule has 0 unspecified atom stereocenters. The number of nitrogens with one attached hydrogen (secondary N) is 3. The Bertz CT molecular complexity index is 3770. The number of hydrogen-bond donors (Lipinski definition) is 7. The van der Waals surface area contributed by atoms with Crippen molar-refractivity contribution < 1.29 is 97.8 Å². The molecule has 3 atom stereocenters. The standard InChI is InChI=1S/C23H33N5O3S.C23H33N5OS.C23H34N4O5S.K.H2O/c1-6-7-8-19(11-12-32(5,29)30)27-22-20(16(2)26-23(24)28-22)14-18-13-17(15-25-3)9-10-21(18)31-4;1-6-7-8-19(11-12-30-5)27-22-20(16(2)26-23(24)28-22)14-18-13-17(15-25-3)9-10-21(18)29-4;1-5-6-7-18(10-11-33(4,30)31)26-22-19(15(2)25-23(24)27-22)14-17-12-16(13-21(28)29)8-9-20(17)32-3;;/h9-10,13,19H,6-8,11-12,14-15H2,1-2,4-5H3,(H3,24,26,27,28);9-10,13,19H,6-8,11-12,14-15H2,1-2,4-5H3,(H3,24,26,27,28);8-9,12,18H,5-7,10-11,13-14H2,1-4H3,(H,28,29)(H3,24,25,26,27);;1H2/q;;;+1;/p-1/t2*19-;18-;;/m000../s1. The van der Waals surface area contributed by atoms with Crippen LogP contribution in [0.25, 0.3) is 9.69 Å². The van der Waals surface area contributed by atoms with Crippen LogP contribution >= 0.6 is 11.8 Å². The van der Waals surface area contributed by atoms with Crippen LogP contribution in [-0.4, -0.2) is 139 Å². The van der Waals surface area contributed by atoms with Crippen molar-refractivity contribution in [2.45, 2.75) is 175 Å². The molecule has 28 heteroatoms. The third-order valence-electron chi connectivity index (χ3n) is 15.8. The second kappa shape index (κ2) is 44.4. The summed E-state index contributed by atoms with van der Waals surface area (Å²) in [5.74, 6) is 5.08. The maximum Gasteiger partial charge on any atom is 1.00 e. The molecule has 6 aromatic rings. The number of methoxy groups -OCH3 is 3. The summed E-state index contributed by atoms with van der Waals surface area (Å²) < 4.78 is 63.5. The number of benzene rings is 3. The summed E-state index contributed by atoms with van der Waals surface area (Å²) in [6.45, 7) is 27.0. The van der Waals surface area contributed by atoms with Gasteiger partial charge < -0.3 is 67.6 Å². The zero-order chi connectivity index (χ0) is 70.3. The number of carboxylic acid groups (broad SMARTS) is 1. The van der Waals surface area contributed by atoms with Gasteiger partial charge in [0.15, 0.2) is 0 Å². The monoisotopic (exact) mass is 1420 g/mol. The topological polar surface area (TPSA) is 363 Å². The first-order chi connectivity index (χ1) is 45.2. The van der Waals surface area contributed by atoms with Crippen molar-refractivity contribution in [1.82, 2.24) is 29.9 Å². The Morgan fingerprint density at radius 1 is 0.546 bits per heavy atom. The fourth-order valence-corrected chi connectivity index (χ4v) is 12.7. The van der Waals surface area contributed by atoms with Crippen molar-refractivity contribution in [3.8, 4) is 17.2 Å². The first-order valence-electron chi connectivity index (χ1n) is 32.1. The van der Waals surface area contributed by atoms with E-state index in [1.165, 1.54) is 25.4 Å². The van der Waals surface area contributed by atoms with E-state index in [0.29, 0.717) is 79.9 Å². The molecule has 3 heterocycles. The summed E-state index contributed by atoms with van der Waals surface area (Å²) >= 11 is 1.86. The van der Waals surface area contributed by atoms with Crippen molar-refractivity contribution in [2.24, 2.45) is 0 Å². The van der Waals surface area contributed by atoms with E-state index in [9.17, 15) is 21.6 Å². The Morgan fingerprint density at radius 2 is 0.856 bits per heavy atom. The number of sulfone groups is 2. The number of carbonyl (C=O) groups is 1. The van der Waals surface area contributed by atoms with Crippen LogP contribution in [0, 0.1) is 33.9 Å². The molecule has 0 fully saturated rings. The van der Waals surface area contributed by atoms with Crippen LogP contribution in [0.1, 0.15) is 165 Å². The SMILES string of the molecule is CCCC[C@@H](CCS(C)(=O)=O)Nc1nc(N)nc(C)c1Cc1cc(CC(=O)O)ccc1OC.[C-]#[N+]Cc1ccc(OC)c(Cc2c(C)nc(N)nc2N[C@@H](CCCC)CCS(C)(=O)=O)c1.[C-]#[N+]Cc1ccc(OC)c(Cc2c(C)nc(N)nc2N[C@@H](CCCC)CCSC)c1.[K+].[OH-]. The number of aryl methyl sites for hydroxylation is 3. The van der Waals surface area contributed by atoms with Gasteiger partial charge in [0.1, 0.15) is 54.4 Å². The van der Waals surface area contributed by atoms with Gasteiger partial charge in [0, 0.05) is 94.8 Å². The summed E-state index contributed by atoms with van der Waals surface area (Å²) in [5, 5.41) is 19.7. The number of carboxylic acids is 1. The molecule has 0 amide bonds. The molecule has 526 valence electrons. The third kappa shape index (κ3) is 31.0. The zero-order valence-corrected chi connectivity index (χ0v) is 64.5. The molecule has 3 aromatic carbocycles. The van der Waals surface area contributed by atoms with Gasteiger partial charge in [-0.1, -0.05) is 71.4 Å². The Kier molecular flexibility index (Phi) is 39.6. The molecular weight excluding hydrogens is 1320 g/mol. The number of aromatic nitrogens is 6. The number of anilines is 6. The number of ether oxygens (including phenoxy) is 3. The van der Waals surface area contributed by atoms with Crippen LogP contribution in [0.4, 0.5) is 35.3 Å². The molecule has 0 radical (unpaired) electrons. The fourth-order valence-electron chi connectivity index (χ4n) is 10.8. The molecule has 0 aliphatic heterocycles. The summed E-state index contributed by atoms with van der Waals surface area (Å²) in [6.07, 6.45) is 17.1. The molecule has 3 aromatic heterocycles. The molecule has 0 aliphatic carbocycles. The van der Waals surface area contributed by atoms with E-state index >= 15 is 0 Å². The first-order valence-corrected chi connectivity index (χ1v) is 37.6. The van der Waals surface area contributed by atoms with Crippen LogP contribution in [0.15, 0.2) is 54.6 Å². The zero-order valence-electron chi connectivity index (χ0n) is 59.0. The second-order valence-corrected chi connectivity index (χ2v) is 29.2. The molecule has 24 nitrogen and oxygen atoms in total. The number of aliphatic carboxylic acids is 1. The number of hydrogen-bond acceptors (Lipinski definition) is 22. The fraction of sp³-hybridized carbons (Fsp3) is 0.522. The Balaban J connectivity index is 0.000000491. The van der Waals surface area contributed by atoms with E-state index in [-0.39, 0.29) is 105 Å². The van der Waals surface area contributed by atoms with Crippen molar-refractivity contribution in [1.29, 1.82) is 0 Å². The van der Waals surface area contributed by atoms with Crippen LogP contribution in [-0.2, 0) is 63.2 Å². The van der Waals surface area contributed by atoms with Crippen molar-refractivity contribution in [2.75, 3.05) is 90.5 Å². The average Bonchev–Trinajstić information content (AvgIpc) is 0.829. The van der Waals surface area contributed by atoms with E-state index in [2.05, 4.69) is 82.6 Å². The normalized spacial score (nSPS) is 11.9. The summed E-state index contributed by atoms with van der Waals surface area (Å²) in [4.78, 5) is 44.6. The molecule has 0 aliphatic rings. The van der Waals surface area contributed by atoms with Gasteiger partial charge in [-0.3, -0.25) is 4.79 Å². The van der Waals surface area contributed by atoms with Gasteiger partial charge in [-0.05, 0) is 136 Å². The summed E-state index contributed by atoms with van der Waals surface area (Å²) in [6, 6.07) is 17.1. The molecular formula is C69H101KN14O10S3. The van der Waals surface area contributed by atoms with Gasteiger partial charge in [0.25, 0.3) is 0 Å². The van der Waals surface area contributed by atoms with Crippen LogP contribution in [0.5, 0.6) is 17.2 Å². The van der Waals surface area contributed by atoms with Crippen LogP contribution in [0.2, 0.25) is 0 Å². The third-order valence-corrected chi connectivity index (χ3v) is 18.4. The largest absolute Gasteiger partial charge is 1.00 e. The number of rotatable bonds is 37. The van der Waals surface area contributed by atoms with E-state index < -0.39 is 25.6 Å². The Labute approximate surface area is 622 Å². The molecule has 97 heavy (non-hydrogen) atoms. The van der Waals surface area contributed by atoms with Crippen LogP contribution < -0.4 is 98.7 Å². The maximum atomic E-state index is 11.7. The Hall–Kier alpha value is -6.60. The van der Waals surface area contributed by atoms with Gasteiger partial charge in [-0.2, -0.15) is 26.7 Å². The van der Waals surface area contributed by atoms with E-state index in [0.717, 1.165) is 130 Å². The minimum Gasteiger partial charge on any atom is -0.870 e. The van der Waals surface area contributed by atoms with Gasteiger partial charge in [-0.15, -0.1) is 0 Å². The molecule has 0 spiro atoms. The quantitative estimate of drug-likeness (QED) is 0.0141.